The van der Waals surface area contributed by atoms with Crippen LogP contribution in [0.15, 0.2) is 94.9 Å². The summed E-state index contributed by atoms with van der Waals surface area (Å²) in [6.07, 6.45) is -0.237. The van der Waals surface area contributed by atoms with Gasteiger partial charge in [0.05, 0.1) is 33.5 Å². The number of guanidine groups is 2. The second-order valence-electron chi connectivity index (χ2n) is 17.0. The van der Waals surface area contributed by atoms with E-state index in [1.54, 1.807) is 100 Å². The van der Waals surface area contributed by atoms with Crippen molar-refractivity contribution >= 4 is 70.6 Å². The van der Waals surface area contributed by atoms with Crippen molar-refractivity contribution in [3.8, 4) is 11.5 Å². The Bertz CT molecular complexity index is 2640. The van der Waals surface area contributed by atoms with E-state index in [1.165, 1.54) is 21.3 Å². The van der Waals surface area contributed by atoms with Gasteiger partial charge in [0.15, 0.2) is 11.9 Å². The van der Waals surface area contributed by atoms with E-state index < -0.39 is 36.2 Å². The quantitative estimate of drug-likeness (QED) is 0.0423. The molecule has 0 radical (unpaired) electrons. The number of esters is 1. The van der Waals surface area contributed by atoms with Gasteiger partial charge in [0, 0.05) is 85.0 Å². The van der Waals surface area contributed by atoms with Crippen LogP contribution < -0.4 is 52.0 Å². The molecule has 0 saturated heterocycles. The van der Waals surface area contributed by atoms with Gasteiger partial charge in [-0.15, -0.1) is 0 Å². The van der Waals surface area contributed by atoms with Crippen LogP contribution in [0.25, 0.3) is 0 Å². The Morgan fingerprint density at radius 2 is 1.03 bits per heavy atom. The Kier molecular flexibility index (Phi) is 21.0. The van der Waals surface area contributed by atoms with Crippen LogP contribution in [0.3, 0.4) is 0 Å². The lowest BCUT2D eigenvalue weighted by molar-refractivity contribution is -0.143. The molecule has 0 saturated carbocycles. The van der Waals surface area contributed by atoms with Gasteiger partial charge in [0.1, 0.15) is 23.6 Å². The molecule has 4 aromatic carbocycles. The van der Waals surface area contributed by atoms with Gasteiger partial charge >= 0.3 is 24.1 Å². The molecule has 22 nitrogen and oxygen atoms in total. The van der Waals surface area contributed by atoms with E-state index in [-0.39, 0.29) is 36.9 Å². The van der Waals surface area contributed by atoms with Crippen molar-refractivity contribution in [2.75, 3.05) is 68.8 Å². The fourth-order valence-corrected chi connectivity index (χ4v) is 7.13. The monoisotopic (exact) mass is 1010 g/mol. The van der Waals surface area contributed by atoms with Crippen molar-refractivity contribution in [2.45, 2.75) is 77.7 Å². The summed E-state index contributed by atoms with van der Waals surface area (Å²) in [7, 11) is 4.16. The first-order valence-corrected chi connectivity index (χ1v) is 23.6. The SMILES string of the molecule is COC(=O)C(Cc1ccc(NC(=O)c2cccc(NC3=NCCCN3)c2)cc1OC)NC(=O)OC(C)C.COc1cc(NC(=O)c2cccc(NC3=NCCCN3)c2)ccc1CC(NC(=O)OC(C)C)C(=O)O. The molecule has 2 atom stereocenters. The third-order valence-corrected chi connectivity index (χ3v) is 10.6. The summed E-state index contributed by atoms with van der Waals surface area (Å²) < 4.78 is 25.8. The molecule has 73 heavy (non-hydrogen) atoms. The second kappa shape index (κ2) is 27.7. The Morgan fingerprint density at radius 3 is 1.41 bits per heavy atom. The van der Waals surface area contributed by atoms with Gasteiger partial charge < -0.3 is 71.3 Å². The minimum atomic E-state index is -1.22. The predicted octanol–water partition coefficient (Wildman–Crippen LogP) is 5.77. The van der Waals surface area contributed by atoms with Crippen LogP contribution in [-0.4, -0.2) is 125 Å². The van der Waals surface area contributed by atoms with Crippen molar-refractivity contribution in [1.29, 1.82) is 0 Å². The average Bonchev–Trinajstić information content (AvgIpc) is 3.36. The molecule has 4 amide bonds. The van der Waals surface area contributed by atoms with Crippen LogP contribution in [0.4, 0.5) is 32.3 Å². The van der Waals surface area contributed by atoms with E-state index in [1.807, 2.05) is 12.1 Å². The Labute approximate surface area is 423 Å². The molecule has 2 aliphatic rings. The summed E-state index contributed by atoms with van der Waals surface area (Å²) >= 11 is 0. The topological polar surface area (TPSA) is 290 Å². The van der Waals surface area contributed by atoms with Gasteiger partial charge in [-0.05, 0) is 100 Å². The highest BCUT2D eigenvalue weighted by molar-refractivity contribution is 6.06. The largest absolute Gasteiger partial charge is 0.496 e. The molecule has 6 rings (SSSR count). The number of carbonyl (C=O) groups is 6. The number of ether oxygens (including phenoxy) is 5. The number of benzene rings is 4. The van der Waals surface area contributed by atoms with E-state index in [9.17, 15) is 33.9 Å². The van der Waals surface area contributed by atoms with Crippen molar-refractivity contribution in [1.82, 2.24) is 21.3 Å². The van der Waals surface area contributed by atoms with Crippen molar-refractivity contribution in [3.63, 3.8) is 0 Å². The molecule has 0 bridgehead atoms. The maximum atomic E-state index is 12.9. The number of methoxy groups -OCH3 is 3. The van der Waals surface area contributed by atoms with Gasteiger partial charge in [-0.25, -0.2) is 19.2 Å². The Balaban J connectivity index is 0.000000271. The lowest BCUT2D eigenvalue weighted by Gasteiger charge is -2.19. The highest BCUT2D eigenvalue weighted by Crippen LogP contribution is 2.27. The van der Waals surface area contributed by atoms with Gasteiger partial charge in [-0.1, -0.05) is 24.3 Å². The molecule has 390 valence electrons. The number of carboxylic acid groups (broad SMARTS) is 1. The maximum absolute atomic E-state index is 12.9. The minimum Gasteiger partial charge on any atom is -0.496 e. The van der Waals surface area contributed by atoms with Crippen molar-refractivity contribution in [3.05, 3.63) is 107 Å². The number of aliphatic carboxylic acids is 1. The molecule has 0 aromatic heterocycles. The van der Waals surface area contributed by atoms with Crippen LogP contribution in [0.1, 0.15) is 72.4 Å². The van der Waals surface area contributed by atoms with E-state index >= 15 is 0 Å². The van der Waals surface area contributed by atoms with Gasteiger partial charge in [-0.2, -0.15) is 0 Å². The lowest BCUT2D eigenvalue weighted by atomic mass is 10.0. The summed E-state index contributed by atoms with van der Waals surface area (Å²) in [5, 5.41) is 32.8. The highest BCUT2D eigenvalue weighted by atomic mass is 16.6. The summed E-state index contributed by atoms with van der Waals surface area (Å²) in [6, 6.07) is 21.9. The standard InChI is InChI=1S/C26H33N5O6.C25H31N5O6/c1-16(2)37-26(34)31-21(24(33)36-4)14-17-9-10-20(15-22(17)35-3)29-23(32)18-7-5-8-19(13-18)30-25-27-11-6-12-28-25;1-15(2)36-25(34)30-20(23(32)33)13-16-8-9-19(14-21(16)35-3)28-22(31)17-6-4-7-18(12-17)29-24-26-10-5-11-27-24/h5,7-10,13,15-16,21H,6,11-12,14H2,1-4H3,(H,29,32)(H,31,34)(H2,27,28,30);4,6-9,12,14-15,20H,5,10-11,13H2,1-3H3,(H,28,31)(H,30,34)(H,32,33)(H2,26,27,29). The number of carbonyl (C=O) groups excluding carboxylic acids is 5. The fraction of sp³-hybridized carbons (Fsp3) is 0.373. The molecule has 2 heterocycles. The van der Waals surface area contributed by atoms with E-state index in [4.69, 9.17) is 23.7 Å². The molecule has 0 fully saturated rings. The Hall–Kier alpha value is -8.56. The maximum Gasteiger partial charge on any atom is 0.408 e. The summed E-state index contributed by atoms with van der Waals surface area (Å²) in [6.45, 7) is 9.94. The number of alkyl carbamates (subject to hydrolysis) is 2. The third-order valence-electron chi connectivity index (χ3n) is 10.6. The van der Waals surface area contributed by atoms with Crippen molar-refractivity contribution in [2.24, 2.45) is 9.98 Å². The summed E-state index contributed by atoms with van der Waals surface area (Å²) in [5.74, 6) is -0.304. The normalized spacial score (nSPS) is 13.5. The zero-order valence-electron chi connectivity index (χ0n) is 41.9. The minimum absolute atomic E-state index is 0.0361. The zero-order chi connectivity index (χ0) is 52.9. The molecule has 2 aliphatic heterocycles. The average molecular weight is 1010 g/mol. The molecular formula is C51H64N10O12. The summed E-state index contributed by atoms with van der Waals surface area (Å²) in [4.78, 5) is 82.3. The van der Waals surface area contributed by atoms with Crippen molar-refractivity contribution < 1.29 is 57.6 Å². The third kappa shape index (κ3) is 18.0. The van der Waals surface area contributed by atoms with Crippen LogP contribution in [0.5, 0.6) is 11.5 Å². The number of carboxylic acids is 1. The number of hydrogen-bond donors (Lipinski definition) is 9. The van der Waals surface area contributed by atoms with E-state index in [0.29, 0.717) is 57.0 Å². The molecule has 0 spiro atoms. The lowest BCUT2D eigenvalue weighted by Crippen LogP contribution is -2.44. The first-order valence-electron chi connectivity index (χ1n) is 23.6. The van der Waals surface area contributed by atoms with Crippen LogP contribution in [0, 0.1) is 0 Å². The highest BCUT2D eigenvalue weighted by Gasteiger charge is 2.26. The zero-order valence-corrected chi connectivity index (χ0v) is 41.9. The number of nitrogens with one attached hydrogen (secondary N) is 8. The smallest absolute Gasteiger partial charge is 0.408 e. The van der Waals surface area contributed by atoms with E-state index in [0.717, 1.165) is 50.4 Å². The first-order chi connectivity index (χ1) is 35.0. The number of anilines is 4. The number of aliphatic imine (C=N–C) groups is 2. The molecule has 4 aromatic rings. The van der Waals surface area contributed by atoms with Crippen LogP contribution in [-0.2, 0) is 36.6 Å². The number of hydrogen-bond acceptors (Lipinski definition) is 17. The predicted molar refractivity (Wildman–Crippen MR) is 276 cm³/mol. The van der Waals surface area contributed by atoms with Gasteiger partial charge in [0.25, 0.3) is 11.8 Å². The molecule has 0 aliphatic carbocycles. The van der Waals surface area contributed by atoms with Gasteiger partial charge in [0.2, 0.25) is 0 Å². The Morgan fingerprint density at radius 1 is 0.589 bits per heavy atom. The van der Waals surface area contributed by atoms with Crippen LogP contribution in [0.2, 0.25) is 0 Å². The summed E-state index contributed by atoms with van der Waals surface area (Å²) in [5.41, 5.74) is 4.52. The number of rotatable bonds is 18. The van der Waals surface area contributed by atoms with E-state index in [2.05, 4.69) is 52.5 Å². The molecule has 2 unspecified atom stereocenters. The first kappa shape index (κ1) is 55.4. The fourth-order valence-electron chi connectivity index (χ4n) is 7.13. The second-order valence-corrected chi connectivity index (χ2v) is 17.0. The molecular weight excluding hydrogens is 945 g/mol. The number of amides is 4. The van der Waals surface area contributed by atoms with Gasteiger partial charge in [-0.3, -0.25) is 19.6 Å². The molecule has 9 N–H and O–H groups in total. The number of nitrogens with zero attached hydrogens (tertiary/aromatic N) is 2. The van der Waals surface area contributed by atoms with Crippen LogP contribution >= 0.6 is 0 Å². The molecule has 22 heteroatoms.